The number of likely N-dealkylation sites (tertiary alicyclic amines) is 1. The highest BCUT2D eigenvalue weighted by Crippen LogP contribution is 2.30. The highest BCUT2D eigenvalue weighted by molar-refractivity contribution is 5.83. The first kappa shape index (κ1) is 19.4. The van der Waals surface area contributed by atoms with Crippen LogP contribution in [0.25, 0.3) is 11.0 Å². The van der Waals surface area contributed by atoms with Crippen molar-refractivity contribution < 1.29 is 9.59 Å². The molecule has 1 aromatic carbocycles. The van der Waals surface area contributed by atoms with E-state index in [0.717, 1.165) is 49.3 Å². The van der Waals surface area contributed by atoms with Gasteiger partial charge in [-0.3, -0.25) is 9.59 Å². The molecule has 2 aromatic rings. The van der Waals surface area contributed by atoms with Gasteiger partial charge in [-0.1, -0.05) is 26.0 Å². The predicted molar refractivity (Wildman–Crippen MR) is 107 cm³/mol. The molecule has 0 N–H and O–H groups in total. The zero-order valence-corrected chi connectivity index (χ0v) is 16.6. The first-order chi connectivity index (χ1) is 13.1. The first-order valence-corrected chi connectivity index (χ1v) is 10.1. The molecule has 1 aromatic heterocycles. The van der Waals surface area contributed by atoms with E-state index in [0.29, 0.717) is 13.0 Å². The molecule has 1 unspecified atom stereocenters. The van der Waals surface area contributed by atoms with Crippen LogP contribution in [0.4, 0.5) is 0 Å². The van der Waals surface area contributed by atoms with Crippen LogP contribution in [-0.4, -0.2) is 57.3 Å². The highest BCUT2D eigenvalue weighted by atomic mass is 16.2. The third kappa shape index (κ3) is 3.99. The molecule has 146 valence electrons. The zero-order valence-electron chi connectivity index (χ0n) is 16.6. The molecule has 1 aliphatic heterocycles. The van der Waals surface area contributed by atoms with Gasteiger partial charge in [0.25, 0.3) is 0 Å². The number of carbonyl (C=O) groups excluding carboxylic acids is 2. The minimum absolute atomic E-state index is 0.0449. The molecule has 3 rings (SSSR count). The largest absolute Gasteiger partial charge is 0.342 e. The number of imidazole rings is 1. The summed E-state index contributed by atoms with van der Waals surface area (Å²) in [6.07, 6.45) is 2.37. The standard InChI is InChI=1S/C21H30N4O2/c1-4-11-24(12-5-2)20(27)15-25-18-10-8-7-9-17(18)22-21(25)16-13-19(26)23(6-3)14-16/h7-10,16H,4-6,11-15H2,1-3H3. The Labute approximate surface area is 161 Å². The van der Waals surface area contributed by atoms with Crippen LogP contribution in [0, 0.1) is 0 Å². The van der Waals surface area contributed by atoms with Crippen molar-refractivity contribution in [1.82, 2.24) is 19.4 Å². The van der Waals surface area contributed by atoms with Crippen LogP contribution in [-0.2, 0) is 16.1 Å². The minimum atomic E-state index is 0.0449. The maximum absolute atomic E-state index is 13.0. The second kappa shape index (κ2) is 8.55. The van der Waals surface area contributed by atoms with E-state index in [1.165, 1.54) is 0 Å². The summed E-state index contributed by atoms with van der Waals surface area (Å²) in [5.41, 5.74) is 1.86. The molecule has 2 amide bonds. The number of amides is 2. The molecule has 27 heavy (non-hydrogen) atoms. The van der Waals surface area contributed by atoms with Gasteiger partial charge in [-0.15, -0.1) is 0 Å². The Morgan fingerprint density at radius 2 is 1.89 bits per heavy atom. The Balaban J connectivity index is 1.93. The van der Waals surface area contributed by atoms with Gasteiger partial charge in [-0.25, -0.2) is 4.98 Å². The van der Waals surface area contributed by atoms with E-state index in [1.54, 1.807) is 0 Å². The number of para-hydroxylation sites is 2. The fourth-order valence-electron chi connectivity index (χ4n) is 3.96. The first-order valence-electron chi connectivity index (χ1n) is 10.1. The summed E-state index contributed by atoms with van der Waals surface area (Å²) < 4.78 is 2.03. The number of nitrogens with zero attached hydrogens (tertiary/aromatic N) is 4. The van der Waals surface area contributed by atoms with Gasteiger partial charge in [0.15, 0.2) is 0 Å². The molecule has 6 heteroatoms. The molecule has 1 saturated heterocycles. The lowest BCUT2D eigenvalue weighted by Crippen LogP contribution is -2.35. The molecule has 1 fully saturated rings. The van der Waals surface area contributed by atoms with Gasteiger partial charge < -0.3 is 14.4 Å². The maximum atomic E-state index is 13.0. The summed E-state index contributed by atoms with van der Waals surface area (Å²) in [4.78, 5) is 33.8. The van der Waals surface area contributed by atoms with Crippen molar-refractivity contribution in [2.24, 2.45) is 0 Å². The number of aromatic nitrogens is 2. The summed E-state index contributed by atoms with van der Waals surface area (Å²) in [7, 11) is 0. The van der Waals surface area contributed by atoms with Crippen molar-refractivity contribution in [3.05, 3.63) is 30.1 Å². The molecule has 0 spiro atoms. The van der Waals surface area contributed by atoms with Gasteiger partial charge in [-0.05, 0) is 31.9 Å². The number of fused-ring (bicyclic) bond motifs is 1. The van der Waals surface area contributed by atoms with Gasteiger partial charge in [0.05, 0.1) is 11.0 Å². The number of rotatable bonds is 8. The smallest absolute Gasteiger partial charge is 0.242 e. The fourth-order valence-corrected chi connectivity index (χ4v) is 3.96. The van der Waals surface area contributed by atoms with Crippen LogP contribution in [0.2, 0.25) is 0 Å². The van der Waals surface area contributed by atoms with Crippen molar-refractivity contribution in [2.45, 2.75) is 52.5 Å². The topological polar surface area (TPSA) is 58.4 Å². The van der Waals surface area contributed by atoms with Crippen LogP contribution in [0.15, 0.2) is 24.3 Å². The average Bonchev–Trinajstić information content (AvgIpc) is 3.22. The van der Waals surface area contributed by atoms with E-state index < -0.39 is 0 Å². The van der Waals surface area contributed by atoms with E-state index >= 15 is 0 Å². The van der Waals surface area contributed by atoms with Crippen LogP contribution in [0.3, 0.4) is 0 Å². The molecule has 1 aliphatic rings. The SMILES string of the molecule is CCCN(CCC)C(=O)Cn1c(C2CC(=O)N(CC)C2)nc2ccccc21. The third-order valence-electron chi connectivity index (χ3n) is 5.28. The molecule has 2 heterocycles. The van der Waals surface area contributed by atoms with Crippen LogP contribution >= 0.6 is 0 Å². The summed E-state index contributed by atoms with van der Waals surface area (Å²) in [5.74, 6) is 1.20. The Bertz CT molecular complexity index is 808. The average molecular weight is 370 g/mol. The number of hydrogen-bond acceptors (Lipinski definition) is 3. The van der Waals surface area contributed by atoms with Crippen LogP contribution in [0.1, 0.15) is 51.8 Å². The fraction of sp³-hybridized carbons (Fsp3) is 0.571. The predicted octanol–water partition coefficient (Wildman–Crippen LogP) is 3.02. The molecule has 0 radical (unpaired) electrons. The van der Waals surface area contributed by atoms with Gasteiger partial charge in [0.2, 0.25) is 11.8 Å². The van der Waals surface area contributed by atoms with E-state index in [-0.39, 0.29) is 24.3 Å². The molecule has 0 aliphatic carbocycles. The van der Waals surface area contributed by atoms with Crippen molar-refractivity contribution in [3.63, 3.8) is 0 Å². The van der Waals surface area contributed by atoms with Crippen molar-refractivity contribution in [2.75, 3.05) is 26.2 Å². The second-order valence-corrected chi connectivity index (χ2v) is 7.26. The minimum Gasteiger partial charge on any atom is -0.342 e. The van der Waals surface area contributed by atoms with Gasteiger partial charge in [0, 0.05) is 38.5 Å². The Hall–Kier alpha value is -2.37. The van der Waals surface area contributed by atoms with E-state index in [1.807, 2.05) is 45.6 Å². The molecule has 0 saturated carbocycles. The van der Waals surface area contributed by atoms with Crippen molar-refractivity contribution >= 4 is 22.8 Å². The lowest BCUT2D eigenvalue weighted by atomic mass is 10.1. The molecular weight excluding hydrogens is 340 g/mol. The van der Waals surface area contributed by atoms with Crippen molar-refractivity contribution in [1.29, 1.82) is 0 Å². The Morgan fingerprint density at radius 3 is 2.52 bits per heavy atom. The lowest BCUT2D eigenvalue weighted by Gasteiger charge is -2.23. The van der Waals surface area contributed by atoms with Gasteiger partial charge in [-0.2, -0.15) is 0 Å². The second-order valence-electron chi connectivity index (χ2n) is 7.26. The quantitative estimate of drug-likeness (QED) is 0.718. The van der Waals surface area contributed by atoms with Crippen LogP contribution in [0.5, 0.6) is 0 Å². The Morgan fingerprint density at radius 1 is 1.19 bits per heavy atom. The summed E-state index contributed by atoms with van der Waals surface area (Å²) in [5, 5.41) is 0. The third-order valence-corrected chi connectivity index (χ3v) is 5.28. The molecule has 1 atom stereocenters. The normalized spacial score (nSPS) is 17.1. The lowest BCUT2D eigenvalue weighted by molar-refractivity contribution is -0.132. The van der Waals surface area contributed by atoms with E-state index in [2.05, 4.69) is 13.8 Å². The maximum Gasteiger partial charge on any atom is 0.242 e. The number of carbonyl (C=O) groups is 2. The highest BCUT2D eigenvalue weighted by Gasteiger charge is 2.33. The molecule has 0 bridgehead atoms. The summed E-state index contributed by atoms with van der Waals surface area (Å²) in [6.45, 7) is 9.43. The number of hydrogen-bond donors (Lipinski definition) is 0. The zero-order chi connectivity index (χ0) is 19.4. The van der Waals surface area contributed by atoms with E-state index in [9.17, 15) is 9.59 Å². The number of benzene rings is 1. The summed E-state index contributed by atoms with van der Waals surface area (Å²) in [6, 6.07) is 7.92. The monoisotopic (exact) mass is 370 g/mol. The van der Waals surface area contributed by atoms with Crippen LogP contribution < -0.4 is 0 Å². The summed E-state index contributed by atoms with van der Waals surface area (Å²) >= 11 is 0. The number of likely N-dealkylation sites (N-methyl/N-ethyl adjacent to an activating group) is 1. The molecule has 6 nitrogen and oxygen atoms in total. The van der Waals surface area contributed by atoms with E-state index in [4.69, 9.17) is 4.98 Å². The van der Waals surface area contributed by atoms with Gasteiger partial charge in [0.1, 0.15) is 12.4 Å². The van der Waals surface area contributed by atoms with Crippen molar-refractivity contribution in [3.8, 4) is 0 Å². The molecular formula is C21H30N4O2. The Kier molecular flexibility index (Phi) is 6.14. The van der Waals surface area contributed by atoms with Gasteiger partial charge >= 0.3 is 0 Å².